The molecule has 0 radical (unpaired) electrons. The van der Waals surface area contributed by atoms with Crippen LogP contribution in [0, 0.1) is 17.8 Å². The molecule has 37 heavy (non-hydrogen) atoms. The van der Waals surface area contributed by atoms with Crippen molar-refractivity contribution in [1.82, 2.24) is 9.55 Å². The number of rotatable bonds is 15. The molecule has 0 bridgehead atoms. The molecule has 0 aliphatic carbocycles. The lowest BCUT2D eigenvalue weighted by Gasteiger charge is -2.26. The third kappa shape index (κ3) is 9.89. The van der Waals surface area contributed by atoms with Gasteiger partial charge in [0.05, 0.1) is 30.3 Å². The number of nitrogens with zero attached hydrogens (tertiary/aromatic N) is 2. The van der Waals surface area contributed by atoms with Gasteiger partial charge in [-0.05, 0) is 12.0 Å². The van der Waals surface area contributed by atoms with Crippen molar-refractivity contribution in [3.05, 3.63) is 22.7 Å². The first-order valence-electron chi connectivity index (χ1n) is 12.2. The van der Waals surface area contributed by atoms with E-state index in [-0.39, 0.29) is 55.9 Å². The van der Waals surface area contributed by atoms with Crippen molar-refractivity contribution in [3.8, 4) is 0 Å². The van der Waals surface area contributed by atoms with Crippen LogP contribution in [0.1, 0.15) is 46.9 Å². The third-order valence-electron chi connectivity index (χ3n) is 5.18. The molecule has 0 saturated carbocycles. The summed E-state index contributed by atoms with van der Waals surface area (Å²) in [6, 6.07) is 1.52. The summed E-state index contributed by atoms with van der Waals surface area (Å²) in [5.74, 6) is -0.990. The minimum Gasteiger partial charge on any atom is -0.438 e. The maximum atomic E-state index is 12.7. The summed E-state index contributed by atoms with van der Waals surface area (Å²) in [6.07, 6.45) is 0.185. The molecule has 0 aromatic carbocycles. The van der Waals surface area contributed by atoms with Gasteiger partial charge < -0.3 is 34.2 Å². The van der Waals surface area contributed by atoms with Crippen LogP contribution in [0.4, 0.5) is 5.82 Å². The van der Waals surface area contributed by atoms with Crippen molar-refractivity contribution in [2.24, 2.45) is 17.8 Å². The topological polar surface area (TPSA) is 150 Å². The normalized spacial score (nSPS) is 21.6. The Labute approximate surface area is 221 Å². The number of esters is 2. The maximum absolute atomic E-state index is 12.7. The predicted octanol–water partition coefficient (Wildman–Crippen LogP) is 2.17. The summed E-state index contributed by atoms with van der Waals surface area (Å²) in [4.78, 5) is 40.2. The Kier molecular flexibility index (Phi) is 12.8. The molecule has 1 aliphatic rings. The van der Waals surface area contributed by atoms with Gasteiger partial charge in [0.25, 0.3) is 0 Å². The summed E-state index contributed by atoms with van der Waals surface area (Å²) < 4.78 is 35.0. The lowest BCUT2D eigenvalue weighted by molar-refractivity contribution is -0.185. The van der Waals surface area contributed by atoms with E-state index in [1.165, 1.54) is 28.6 Å². The van der Waals surface area contributed by atoms with Gasteiger partial charge in [0.2, 0.25) is 0 Å². The number of thioether (sulfide) groups is 1. The molecule has 1 aromatic rings. The van der Waals surface area contributed by atoms with Crippen molar-refractivity contribution < 1.29 is 38.0 Å². The van der Waals surface area contributed by atoms with Gasteiger partial charge in [-0.1, -0.05) is 41.5 Å². The lowest BCUT2D eigenvalue weighted by atomic mass is 10.1. The number of hydrogen-bond donors (Lipinski definition) is 1. The van der Waals surface area contributed by atoms with Gasteiger partial charge in [-0.2, -0.15) is 4.98 Å². The summed E-state index contributed by atoms with van der Waals surface area (Å²) in [5.41, 5.74) is 5.12. The molecule has 4 atom stereocenters. The van der Waals surface area contributed by atoms with Crippen LogP contribution in [0.2, 0.25) is 0 Å². The molecule has 1 aliphatic heterocycles. The Bertz CT molecular complexity index is 925. The summed E-state index contributed by atoms with van der Waals surface area (Å²) in [5, 5.41) is -0.944. The average molecular weight is 546 g/mol. The number of nitrogens with two attached hydrogens (primary N) is 1. The van der Waals surface area contributed by atoms with Crippen LogP contribution in [-0.4, -0.2) is 72.5 Å². The second-order valence-corrected chi connectivity index (χ2v) is 11.0. The van der Waals surface area contributed by atoms with Gasteiger partial charge in [0.1, 0.15) is 30.2 Å². The molecular weight excluding hydrogens is 506 g/mol. The van der Waals surface area contributed by atoms with Crippen LogP contribution in [0.25, 0.3) is 0 Å². The quantitative estimate of drug-likeness (QED) is 0.195. The summed E-state index contributed by atoms with van der Waals surface area (Å²) >= 11 is 1.37. The molecule has 2 rings (SSSR count). The van der Waals surface area contributed by atoms with E-state index < -0.39 is 29.2 Å². The zero-order valence-corrected chi connectivity index (χ0v) is 23.1. The fourth-order valence-corrected chi connectivity index (χ4v) is 4.84. The first-order valence-corrected chi connectivity index (χ1v) is 13.2. The highest BCUT2D eigenvalue weighted by atomic mass is 32.2. The van der Waals surface area contributed by atoms with Crippen molar-refractivity contribution >= 4 is 29.5 Å². The fraction of sp³-hybridized carbons (Fsp3) is 0.750. The number of aromatic nitrogens is 2. The molecule has 13 heteroatoms. The molecule has 1 aromatic heterocycles. The van der Waals surface area contributed by atoms with Crippen LogP contribution in [-0.2, 0) is 38.0 Å². The van der Waals surface area contributed by atoms with E-state index in [4.69, 9.17) is 34.2 Å². The Morgan fingerprint density at radius 2 is 1.59 bits per heavy atom. The van der Waals surface area contributed by atoms with Crippen molar-refractivity contribution in [2.75, 3.05) is 39.3 Å². The zero-order valence-electron chi connectivity index (χ0n) is 22.3. The molecule has 2 N–H and O–H groups in total. The highest BCUT2D eigenvalue weighted by molar-refractivity contribution is 8.00. The Balaban J connectivity index is 2.22. The van der Waals surface area contributed by atoms with Crippen LogP contribution in [0.15, 0.2) is 17.1 Å². The highest BCUT2D eigenvalue weighted by Crippen LogP contribution is 2.44. The molecule has 0 amide bonds. The minimum absolute atomic E-state index is 0.0394. The van der Waals surface area contributed by atoms with Crippen molar-refractivity contribution in [3.63, 3.8) is 0 Å². The molecule has 0 spiro atoms. The van der Waals surface area contributed by atoms with Gasteiger partial charge in [0, 0.05) is 6.20 Å². The number of carbonyl (C=O) groups excluding carboxylic acids is 2. The monoisotopic (exact) mass is 545 g/mol. The fourth-order valence-electron chi connectivity index (χ4n) is 3.24. The molecular formula is C24H39N3O9S. The number of ether oxygens (including phenoxy) is 6. The van der Waals surface area contributed by atoms with Crippen LogP contribution in [0.5, 0.6) is 0 Å². The predicted molar refractivity (Wildman–Crippen MR) is 136 cm³/mol. The Morgan fingerprint density at radius 1 is 0.973 bits per heavy atom. The number of carbonyl (C=O) groups is 2. The molecule has 2 heterocycles. The second-order valence-electron chi connectivity index (χ2n) is 9.60. The van der Waals surface area contributed by atoms with Gasteiger partial charge in [-0.15, -0.1) is 11.8 Å². The summed E-state index contributed by atoms with van der Waals surface area (Å²) in [6.45, 7) is 10.9. The van der Waals surface area contributed by atoms with Crippen molar-refractivity contribution in [1.29, 1.82) is 0 Å². The SMILES string of the molecule is CC(C)COCOC1C(OCOC(=O)C(C)C)[C@@H](COCOC(=O)C(C)C)S[C@H]1n1ccc(N)nc1=O. The highest BCUT2D eigenvalue weighted by Gasteiger charge is 2.47. The van der Waals surface area contributed by atoms with Gasteiger partial charge in [-0.25, -0.2) is 4.79 Å². The molecule has 12 nitrogen and oxygen atoms in total. The van der Waals surface area contributed by atoms with E-state index in [1.54, 1.807) is 27.7 Å². The van der Waals surface area contributed by atoms with Crippen molar-refractivity contribution in [2.45, 2.75) is 64.4 Å². The number of anilines is 1. The van der Waals surface area contributed by atoms with E-state index >= 15 is 0 Å². The third-order valence-corrected chi connectivity index (χ3v) is 6.71. The first kappa shape index (κ1) is 31.0. The maximum Gasteiger partial charge on any atom is 0.350 e. The van der Waals surface area contributed by atoms with Crippen LogP contribution >= 0.6 is 11.8 Å². The largest absolute Gasteiger partial charge is 0.438 e. The smallest absolute Gasteiger partial charge is 0.350 e. The van der Waals surface area contributed by atoms with Crippen LogP contribution in [0.3, 0.4) is 0 Å². The summed E-state index contributed by atoms with van der Waals surface area (Å²) in [7, 11) is 0. The van der Waals surface area contributed by atoms with E-state index in [0.717, 1.165) is 0 Å². The van der Waals surface area contributed by atoms with Gasteiger partial charge in [-0.3, -0.25) is 14.2 Å². The van der Waals surface area contributed by atoms with E-state index in [1.807, 2.05) is 13.8 Å². The average Bonchev–Trinajstić information content (AvgIpc) is 3.15. The first-order chi connectivity index (χ1) is 17.5. The van der Waals surface area contributed by atoms with Crippen LogP contribution < -0.4 is 11.4 Å². The standard InChI is InChI=1S/C24H39N3O9S/c1-14(2)9-31-11-33-20-19(34-13-36-23(29)16(5)6)17(10-32-12-35-22(28)15(3)4)37-21(20)27-8-7-18(25)26-24(27)30/h7-8,14-17,19-21H,9-13H2,1-6H3,(H2,25,26,30)/t17-,19?,20?,21-/m1/s1. The zero-order chi connectivity index (χ0) is 27.5. The number of hydrogen-bond acceptors (Lipinski definition) is 12. The Hall–Kier alpha value is -2.19. The molecule has 1 fully saturated rings. The van der Waals surface area contributed by atoms with Gasteiger partial charge in [0.15, 0.2) is 13.6 Å². The molecule has 2 unspecified atom stereocenters. The van der Waals surface area contributed by atoms with E-state index in [0.29, 0.717) is 12.5 Å². The van der Waals surface area contributed by atoms with E-state index in [2.05, 4.69) is 4.98 Å². The lowest BCUT2D eigenvalue weighted by Crippen LogP contribution is -2.41. The molecule has 210 valence electrons. The second kappa shape index (κ2) is 15.3. The number of nitrogen functional groups attached to an aromatic ring is 1. The minimum atomic E-state index is -0.690. The molecule has 1 saturated heterocycles. The van der Waals surface area contributed by atoms with Gasteiger partial charge >= 0.3 is 17.6 Å². The van der Waals surface area contributed by atoms with E-state index in [9.17, 15) is 14.4 Å². The Morgan fingerprint density at radius 3 is 2.19 bits per heavy atom.